The molecule has 0 aliphatic carbocycles. The lowest BCUT2D eigenvalue weighted by Gasteiger charge is -2.36. The van der Waals surface area contributed by atoms with Crippen LogP contribution in [0.2, 0.25) is 0 Å². The molecule has 192 valence electrons. The van der Waals surface area contributed by atoms with Gasteiger partial charge < -0.3 is 19.4 Å². The molecule has 0 fully saturated rings. The molecule has 6 heteroatoms. The molecule has 0 unspecified atom stereocenters. The van der Waals surface area contributed by atoms with Gasteiger partial charge in [-0.05, 0) is 47.9 Å². The Kier molecular flexibility index (Phi) is 8.77. The maximum Gasteiger partial charge on any atom is 0.281 e. The third-order valence-corrected chi connectivity index (χ3v) is 6.30. The average Bonchev–Trinajstić information content (AvgIpc) is 3.47. The number of unbranched alkanes of at least 4 members (excludes halogenated alkanes) is 3. The van der Waals surface area contributed by atoms with Gasteiger partial charge in [-0.2, -0.15) is 0 Å². The van der Waals surface area contributed by atoms with Crippen molar-refractivity contribution in [1.82, 2.24) is 4.90 Å². The molecule has 4 rings (SSSR count). The van der Waals surface area contributed by atoms with Crippen molar-refractivity contribution < 1.29 is 24.2 Å². The van der Waals surface area contributed by atoms with Gasteiger partial charge in [-0.25, -0.2) is 0 Å². The number of hydrogen-bond donors (Lipinski definition) is 2. The molecule has 0 bridgehead atoms. The summed E-state index contributed by atoms with van der Waals surface area (Å²) in [5.74, 6) is -2.80. The van der Waals surface area contributed by atoms with Crippen molar-refractivity contribution in [3.05, 3.63) is 114 Å². The number of aliphatic hydroxyl groups is 2. The summed E-state index contributed by atoms with van der Waals surface area (Å²) in [6, 6.07) is 24.8. The van der Waals surface area contributed by atoms with Gasteiger partial charge in [0.2, 0.25) is 0 Å². The summed E-state index contributed by atoms with van der Waals surface area (Å²) >= 11 is 0. The number of benzene rings is 3. The molecule has 0 aliphatic heterocycles. The van der Waals surface area contributed by atoms with Gasteiger partial charge in [0.05, 0.1) is 31.2 Å². The zero-order valence-electron chi connectivity index (χ0n) is 21.0. The number of rotatable bonds is 12. The second kappa shape index (κ2) is 12.4. The lowest BCUT2D eigenvalue weighted by atomic mass is 10.0. The summed E-state index contributed by atoms with van der Waals surface area (Å²) in [7, 11) is 0. The standard InChI is InChI=1S/C31H33NO5/c1-2-3-4-10-20-37-29-14-9-8-13-28(29)31(34,35)32(22-24-11-6-5-7-12-24)30(33)26-17-15-25(16-18-26)27-19-21-36-23-27/h5-9,11-19,21,23,34-35H,2-4,10,20,22H2,1H3. The number of nitrogens with zero attached hydrogens (tertiary/aromatic N) is 1. The molecule has 1 aromatic heterocycles. The van der Waals surface area contributed by atoms with E-state index in [1.54, 1.807) is 48.9 Å². The predicted molar refractivity (Wildman–Crippen MR) is 143 cm³/mol. The molecule has 4 aromatic rings. The number of furan rings is 1. The first-order chi connectivity index (χ1) is 18.0. The van der Waals surface area contributed by atoms with Gasteiger partial charge in [0.1, 0.15) is 5.75 Å². The predicted octanol–water partition coefficient (Wildman–Crippen LogP) is 6.34. The topological polar surface area (TPSA) is 83.1 Å². The summed E-state index contributed by atoms with van der Waals surface area (Å²) in [5.41, 5.74) is 2.99. The van der Waals surface area contributed by atoms with Crippen LogP contribution in [0.25, 0.3) is 11.1 Å². The van der Waals surface area contributed by atoms with Crippen molar-refractivity contribution in [1.29, 1.82) is 0 Å². The van der Waals surface area contributed by atoms with Crippen LogP contribution >= 0.6 is 0 Å². The third kappa shape index (κ3) is 6.47. The normalized spacial score (nSPS) is 11.3. The van der Waals surface area contributed by atoms with E-state index in [1.807, 2.05) is 48.5 Å². The highest BCUT2D eigenvalue weighted by molar-refractivity contribution is 5.95. The van der Waals surface area contributed by atoms with Crippen LogP contribution in [0.4, 0.5) is 0 Å². The number of hydrogen-bond acceptors (Lipinski definition) is 5. The molecule has 0 radical (unpaired) electrons. The van der Waals surface area contributed by atoms with Gasteiger partial charge in [0, 0.05) is 11.1 Å². The Bertz CT molecular complexity index is 1250. The summed E-state index contributed by atoms with van der Waals surface area (Å²) in [4.78, 5) is 14.8. The Hall–Kier alpha value is -3.87. The molecule has 0 spiro atoms. The van der Waals surface area contributed by atoms with Crippen molar-refractivity contribution >= 4 is 5.91 Å². The highest BCUT2D eigenvalue weighted by Crippen LogP contribution is 2.34. The molecule has 0 aliphatic rings. The van der Waals surface area contributed by atoms with Crippen LogP contribution in [-0.2, 0) is 12.5 Å². The minimum atomic E-state index is -2.61. The molecule has 6 nitrogen and oxygen atoms in total. The van der Waals surface area contributed by atoms with Crippen molar-refractivity contribution in [2.24, 2.45) is 0 Å². The van der Waals surface area contributed by atoms with Crippen molar-refractivity contribution in [2.75, 3.05) is 6.61 Å². The highest BCUT2D eigenvalue weighted by atomic mass is 16.5. The lowest BCUT2D eigenvalue weighted by Crippen LogP contribution is -2.49. The molecular formula is C31H33NO5. The highest BCUT2D eigenvalue weighted by Gasteiger charge is 2.40. The summed E-state index contributed by atoms with van der Waals surface area (Å²) in [5, 5.41) is 23.1. The number of para-hydroxylation sites is 1. The minimum Gasteiger partial charge on any atom is -0.493 e. The van der Waals surface area contributed by atoms with Crippen LogP contribution < -0.4 is 4.74 Å². The smallest absolute Gasteiger partial charge is 0.281 e. The van der Waals surface area contributed by atoms with Crippen LogP contribution in [0.15, 0.2) is 102 Å². The Morgan fingerprint density at radius 1 is 0.865 bits per heavy atom. The molecule has 0 atom stereocenters. The van der Waals surface area contributed by atoms with Crippen LogP contribution in [0, 0.1) is 0 Å². The first kappa shape index (κ1) is 26.2. The zero-order chi connectivity index (χ0) is 26.1. The maximum atomic E-state index is 13.8. The van der Waals surface area contributed by atoms with Crippen molar-refractivity contribution in [2.45, 2.75) is 45.1 Å². The molecule has 37 heavy (non-hydrogen) atoms. The fourth-order valence-electron chi connectivity index (χ4n) is 4.21. The maximum absolute atomic E-state index is 13.8. The molecule has 1 heterocycles. The van der Waals surface area contributed by atoms with E-state index in [9.17, 15) is 15.0 Å². The van der Waals surface area contributed by atoms with E-state index in [-0.39, 0.29) is 12.1 Å². The summed E-state index contributed by atoms with van der Waals surface area (Å²) in [6.45, 7) is 2.58. The van der Waals surface area contributed by atoms with Gasteiger partial charge in [0.15, 0.2) is 0 Å². The van der Waals surface area contributed by atoms with E-state index in [0.717, 1.165) is 47.3 Å². The largest absolute Gasteiger partial charge is 0.493 e. The van der Waals surface area contributed by atoms with Gasteiger partial charge in [0.25, 0.3) is 11.8 Å². The first-order valence-corrected chi connectivity index (χ1v) is 12.7. The number of carbonyl (C=O) groups excluding carboxylic acids is 1. The van der Waals surface area contributed by atoms with Gasteiger partial charge in [-0.3, -0.25) is 9.69 Å². The Labute approximate surface area is 217 Å². The second-order valence-corrected chi connectivity index (χ2v) is 9.01. The molecule has 0 saturated heterocycles. The van der Waals surface area contributed by atoms with Crippen molar-refractivity contribution in [3.63, 3.8) is 0 Å². The Morgan fingerprint density at radius 3 is 2.30 bits per heavy atom. The van der Waals surface area contributed by atoms with E-state index in [2.05, 4.69) is 6.92 Å². The van der Waals surface area contributed by atoms with Crippen LogP contribution in [0.1, 0.15) is 54.1 Å². The summed E-state index contributed by atoms with van der Waals surface area (Å²) < 4.78 is 11.1. The van der Waals surface area contributed by atoms with Gasteiger partial charge in [-0.15, -0.1) is 0 Å². The molecule has 3 aromatic carbocycles. The fraction of sp³-hybridized carbons (Fsp3) is 0.258. The van der Waals surface area contributed by atoms with E-state index in [1.165, 1.54) is 0 Å². The number of amides is 1. The van der Waals surface area contributed by atoms with Gasteiger partial charge >= 0.3 is 0 Å². The average molecular weight is 500 g/mol. The molecule has 0 saturated carbocycles. The van der Waals surface area contributed by atoms with Crippen LogP contribution in [0.3, 0.4) is 0 Å². The van der Waals surface area contributed by atoms with Gasteiger partial charge in [-0.1, -0.05) is 80.8 Å². The minimum absolute atomic E-state index is 0.0129. The first-order valence-electron chi connectivity index (χ1n) is 12.7. The monoisotopic (exact) mass is 499 g/mol. The second-order valence-electron chi connectivity index (χ2n) is 9.01. The Balaban J connectivity index is 1.64. The number of carbonyl (C=O) groups is 1. The molecule has 2 N–H and O–H groups in total. The lowest BCUT2D eigenvalue weighted by molar-refractivity contribution is -0.259. The molecular weight excluding hydrogens is 466 g/mol. The van der Waals surface area contributed by atoms with Crippen LogP contribution in [-0.4, -0.2) is 27.6 Å². The van der Waals surface area contributed by atoms with E-state index >= 15 is 0 Å². The van der Waals surface area contributed by atoms with E-state index in [0.29, 0.717) is 17.9 Å². The van der Waals surface area contributed by atoms with Crippen LogP contribution in [0.5, 0.6) is 5.75 Å². The quantitative estimate of drug-likeness (QED) is 0.175. The third-order valence-electron chi connectivity index (χ3n) is 6.30. The Morgan fingerprint density at radius 2 is 1.59 bits per heavy atom. The van der Waals surface area contributed by atoms with E-state index in [4.69, 9.17) is 9.15 Å². The fourth-order valence-corrected chi connectivity index (χ4v) is 4.21. The number of ether oxygens (including phenoxy) is 1. The van der Waals surface area contributed by atoms with Crippen molar-refractivity contribution in [3.8, 4) is 16.9 Å². The zero-order valence-corrected chi connectivity index (χ0v) is 21.0. The SMILES string of the molecule is CCCCCCOc1ccccc1C(O)(O)N(Cc1ccccc1)C(=O)c1ccc(-c2ccoc2)cc1. The molecule has 1 amide bonds. The van der Waals surface area contributed by atoms with E-state index < -0.39 is 11.8 Å². The summed E-state index contributed by atoms with van der Waals surface area (Å²) in [6.07, 6.45) is 7.35.